The normalized spacial score (nSPS) is 32.0. The number of hydrogen-bond donors (Lipinski definition) is 1. The fraction of sp³-hybridized carbons (Fsp3) is 0.586. The number of primary sulfonamides is 1. The topological polar surface area (TPSA) is 113 Å². The highest BCUT2D eigenvalue weighted by atomic mass is 32.2. The molecular formula is C29H36FNO6S. The van der Waals surface area contributed by atoms with Crippen LogP contribution in [0.3, 0.4) is 0 Å². The first-order chi connectivity index (χ1) is 18.1. The van der Waals surface area contributed by atoms with Crippen molar-refractivity contribution >= 4 is 21.8 Å². The third kappa shape index (κ3) is 5.26. The molecule has 0 heterocycles. The van der Waals surface area contributed by atoms with Gasteiger partial charge in [-0.25, -0.2) is 22.7 Å². The van der Waals surface area contributed by atoms with E-state index in [-0.39, 0.29) is 29.7 Å². The number of ether oxygens (including phenoxy) is 2. The van der Waals surface area contributed by atoms with Crippen molar-refractivity contribution in [2.24, 2.45) is 34.2 Å². The van der Waals surface area contributed by atoms with Crippen molar-refractivity contribution in [1.29, 1.82) is 0 Å². The van der Waals surface area contributed by atoms with Crippen LogP contribution in [0.25, 0.3) is 0 Å². The molecule has 0 aromatic heterocycles. The van der Waals surface area contributed by atoms with Crippen LogP contribution in [-0.4, -0.2) is 32.9 Å². The van der Waals surface area contributed by atoms with E-state index in [9.17, 15) is 22.4 Å². The van der Waals surface area contributed by atoms with Crippen LogP contribution < -0.4 is 9.88 Å². The van der Waals surface area contributed by atoms with Gasteiger partial charge in [0.15, 0.2) is 12.4 Å². The summed E-state index contributed by atoms with van der Waals surface area (Å²) in [5.41, 5.74) is 1.33. The first-order valence-electron chi connectivity index (χ1n) is 13.3. The number of sulfonamides is 1. The summed E-state index contributed by atoms with van der Waals surface area (Å²) in [6, 6.07) is 3.18. The molecule has 2 N–H and O–H groups in total. The lowest BCUT2D eigenvalue weighted by Gasteiger charge is -2.54. The van der Waals surface area contributed by atoms with Crippen LogP contribution in [0.15, 0.2) is 34.7 Å². The molecule has 3 saturated carbocycles. The van der Waals surface area contributed by atoms with Crippen molar-refractivity contribution in [2.75, 3.05) is 6.61 Å². The van der Waals surface area contributed by atoms with E-state index in [0.29, 0.717) is 30.1 Å². The summed E-state index contributed by atoms with van der Waals surface area (Å²) in [6.07, 6.45) is 18.4. The number of allylic oxidation sites excluding steroid dienone is 1. The summed E-state index contributed by atoms with van der Waals surface area (Å²) in [5.74, 6) is 1.04. The van der Waals surface area contributed by atoms with Crippen LogP contribution >= 0.6 is 0 Å². The second-order valence-electron chi connectivity index (χ2n) is 10.9. The SMILES string of the molecule is C#C.CCC12CCC3C4CCC(=O)C=C4CCC3C1CCC2OC(=O)COc1ccc(S(N)(=O)=O)c(F)c1. The summed E-state index contributed by atoms with van der Waals surface area (Å²) in [4.78, 5) is 24.0. The number of carbonyl (C=O) groups is 2. The number of terminal acetylenes is 1. The first kappa shape index (κ1) is 28.3. The third-order valence-corrected chi connectivity index (χ3v) is 10.4. The smallest absolute Gasteiger partial charge is 0.344 e. The highest BCUT2D eigenvalue weighted by molar-refractivity contribution is 7.89. The highest BCUT2D eigenvalue weighted by Gasteiger charge is 2.58. The van der Waals surface area contributed by atoms with Crippen LogP contribution in [0.1, 0.15) is 64.7 Å². The molecule has 38 heavy (non-hydrogen) atoms. The molecule has 7 nitrogen and oxygen atoms in total. The number of esters is 1. The molecule has 9 heteroatoms. The molecule has 1 aromatic rings. The Morgan fingerprint density at radius 2 is 1.89 bits per heavy atom. The van der Waals surface area contributed by atoms with Gasteiger partial charge in [-0.1, -0.05) is 12.5 Å². The molecule has 4 aliphatic rings. The lowest BCUT2D eigenvalue weighted by atomic mass is 9.51. The molecule has 0 saturated heterocycles. The van der Waals surface area contributed by atoms with Gasteiger partial charge in [0, 0.05) is 17.9 Å². The molecule has 3 fully saturated rings. The predicted octanol–water partition coefficient (Wildman–Crippen LogP) is 4.55. The van der Waals surface area contributed by atoms with Crippen molar-refractivity contribution in [3.05, 3.63) is 35.7 Å². The standard InChI is InChI=1S/C27H34FNO6S.C2H2/c1-2-27-12-11-20-19-7-4-17(30)13-16(19)3-6-21(20)22(27)8-10-25(27)35-26(31)15-34-18-5-9-24(23(28)14-18)36(29,32)33;1-2/h5,9,13-14,19-22,25H,2-4,6-8,10-12,15H2,1H3,(H2,29,32,33);1-2H. The van der Waals surface area contributed by atoms with Gasteiger partial charge in [0.1, 0.15) is 22.6 Å². The quantitative estimate of drug-likeness (QED) is 0.415. The fourth-order valence-electron chi connectivity index (χ4n) is 7.92. The molecule has 0 spiro atoms. The van der Waals surface area contributed by atoms with Crippen molar-refractivity contribution in [3.8, 4) is 18.6 Å². The van der Waals surface area contributed by atoms with Crippen molar-refractivity contribution in [2.45, 2.75) is 75.7 Å². The molecule has 0 amide bonds. The minimum atomic E-state index is -4.18. The van der Waals surface area contributed by atoms with Crippen LogP contribution in [0, 0.1) is 47.8 Å². The highest BCUT2D eigenvalue weighted by Crippen LogP contribution is 2.63. The summed E-state index contributed by atoms with van der Waals surface area (Å²) in [5, 5.41) is 4.98. The summed E-state index contributed by atoms with van der Waals surface area (Å²) in [7, 11) is -4.18. The van der Waals surface area contributed by atoms with Crippen LogP contribution in [-0.2, 0) is 24.3 Å². The minimum Gasteiger partial charge on any atom is -0.482 e. The van der Waals surface area contributed by atoms with E-state index >= 15 is 0 Å². The maximum absolute atomic E-state index is 14.1. The van der Waals surface area contributed by atoms with Gasteiger partial charge >= 0.3 is 5.97 Å². The number of halogens is 1. The zero-order valence-corrected chi connectivity index (χ0v) is 22.6. The maximum Gasteiger partial charge on any atom is 0.344 e. The lowest BCUT2D eigenvalue weighted by molar-refractivity contribution is -0.163. The number of rotatable bonds is 6. The average molecular weight is 546 g/mol. The predicted molar refractivity (Wildman–Crippen MR) is 140 cm³/mol. The Kier molecular flexibility index (Phi) is 8.34. The van der Waals surface area contributed by atoms with Gasteiger partial charge in [-0.2, -0.15) is 0 Å². The van der Waals surface area contributed by atoms with Crippen molar-refractivity contribution in [3.63, 3.8) is 0 Å². The lowest BCUT2D eigenvalue weighted by Crippen LogP contribution is -2.49. The Bertz CT molecular complexity index is 1240. The Morgan fingerprint density at radius 1 is 1.13 bits per heavy atom. The summed E-state index contributed by atoms with van der Waals surface area (Å²) >= 11 is 0. The van der Waals surface area contributed by atoms with Crippen LogP contribution in [0.4, 0.5) is 4.39 Å². The van der Waals surface area contributed by atoms with Gasteiger partial charge in [-0.05, 0) is 93.2 Å². The molecule has 0 aliphatic heterocycles. The number of ketones is 1. The van der Waals surface area contributed by atoms with Crippen LogP contribution in [0.2, 0.25) is 0 Å². The molecule has 1 aromatic carbocycles. The zero-order chi connectivity index (χ0) is 27.7. The number of carbonyl (C=O) groups excluding carboxylic acids is 2. The van der Waals surface area contributed by atoms with E-state index in [0.717, 1.165) is 63.5 Å². The molecule has 6 atom stereocenters. The van der Waals surface area contributed by atoms with Crippen molar-refractivity contribution in [1.82, 2.24) is 0 Å². The number of benzene rings is 1. The molecular weight excluding hydrogens is 509 g/mol. The zero-order valence-electron chi connectivity index (χ0n) is 21.7. The molecule has 6 unspecified atom stereocenters. The molecule has 0 bridgehead atoms. The van der Waals surface area contributed by atoms with Gasteiger partial charge in [0.05, 0.1) is 0 Å². The van der Waals surface area contributed by atoms with Gasteiger partial charge in [-0.15, -0.1) is 12.8 Å². The largest absolute Gasteiger partial charge is 0.482 e. The average Bonchev–Trinajstić information content (AvgIpc) is 3.26. The van der Waals surface area contributed by atoms with E-state index in [4.69, 9.17) is 14.6 Å². The summed E-state index contributed by atoms with van der Waals surface area (Å²) in [6.45, 7) is 1.81. The molecule has 5 rings (SSSR count). The van der Waals surface area contributed by atoms with Crippen molar-refractivity contribution < 1.29 is 31.9 Å². The Balaban J connectivity index is 0.00000164. The second kappa shape index (κ2) is 11.2. The fourth-order valence-corrected chi connectivity index (χ4v) is 8.51. The third-order valence-electron chi connectivity index (χ3n) is 9.44. The van der Waals surface area contributed by atoms with Gasteiger partial charge in [0.2, 0.25) is 10.0 Å². The molecule has 0 radical (unpaired) electrons. The minimum absolute atomic E-state index is 0.0314. The van der Waals surface area contributed by atoms with Gasteiger partial charge in [-0.3, -0.25) is 4.79 Å². The van der Waals surface area contributed by atoms with Gasteiger partial charge < -0.3 is 9.47 Å². The van der Waals surface area contributed by atoms with Crippen LogP contribution in [0.5, 0.6) is 5.75 Å². The van der Waals surface area contributed by atoms with E-state index in [2.05, 4.69) is 19.8 Å². The van der Waals surface area contributed by atoms with E-state index in [1.54, 1.807) is 0 Å². The number of fused-ring (bicyclic) bond motifs is 5. The van der Waals surface area contributed by atoms with E-state index in [1.165, 1.54) is 11.6 Å². The Labute approximate surface area is 224 Å². The second-order valence-corrected chi connectivity index (χ2v) is 12.4. The van der Waals surface area contributed by atoms with E-state index < -0.39 is 26.7 Å². The molecule has 206 valence electrons. The maximum atomic E-state index is 14.1. The summed E-state index contributed by atoms with van der Waals surface area (Å²) < 4.78 is 48.2. The number of nitrogens with two attached hydrogens (primary N) is 1. The first-order valence-corrected chi connectivity index (χ1v) is 14.9. The Hall–Kier alpha value is -2.70. The van der Waals surface area contributed by atoms with Gasteiger partial charge in [0.25, 0.3) is 0 Å². The molecule has 4 aliphatic carbocycles. The van der Waals surface area contributed by atoms with E-state index in [1.807, 2.05) is 6.08 Å². The number of hydrogen-bond acceptors (Lipinski definition) is 6. The Morgan fingerprint density at radius 3 is 2.58 bits per heavy atom. The monoisotopic (exact) mass is 545 g/mol.